The van der Waals surface area contributed by atoms with Crippen LogP contribution in [0, 0.1) is 0 Å². The molecule has 3 rings (SSSR count). The summed E-state index contributed by atoms with van der Waals surface area (Å²) in [4.78, 5) is 12.9. The highest BCUT2D eigenvalue weighted by molar-refractivity contribution is 7.10. The Kier molecular flexibility index (Phi) is 3.71. The van der Waals surface area contributed by atoms with Crippen LogP contribution in [-0.4, -0.2) is 18.6 Å². The lowest BCUT2D eigenvalue weighted by atomic mass is 10.1. The first-order valence-corrected chi connectivity index (χ1v) is 7.43. The molecule has 0 spiro atoms. The third-order valence-corrected chi connectivity index (χ3v) is 4.31. The molecule has 1 aromatic carbocycles. The molecule has 0 radical (unpaired) electrons. The van der Waals surface area contributed by atoms with E-state index in [0.717, 1.165) is 17.0 Å². The lowest BCUT2D eigenvalue weighted by Crippen LogP contribution is -2.39. The summed E-state index contributed by atoms with van der Waals surface area (Å²) in [5, 5.41) is 4.78. The van der Waals surface area contributed by atoms with E-state index < -0.39 is 6.04 Å². The van der Waals surface area contributed by atoms with Crippen LogP contribution < -0.4 is 15.8 Å². The Morgan fingerprint density at radius 3 is 3.00 bits per heavy atom. The maximum atomic E-state index is 12.0. The van der Waals surface area contributed by atoms with Gasteiger partial charge >= 0.3 is 0 Å². The summed E-state index contributed by atoms with van der Waals surface area (Å²) in [6, 6.07) is 11.1. The zero-order chi connectivity index (χ0) is 13.9. The molecule has 0 bridgehead atoms. The molecule has 0 aliphatic carbocycles. The summed E-state index contributed by atoms with van der Waals surface area (Å²) >= 11 is 1.49. The van der Waals surface area contributed by atoms with Crippen LogP contribution in [0.15, 0.2) is 41.8 Å². The minimum atomic E-state index is -0.598. The van der Waals surface area contributed by atoms with Gasteiger partial charge in [0.2, 0.25) is 5.91 Å². The lowest BCUT2D eigenvalue weighted by Gasteiger charge is -2.14. The molecule has 2 unspecified atom stereocenters. The number of benzene rings is 1. The molecule has 4 nitrogen and oxygen atoms in total. The van der Waals surface area contributed by atoms with E-state index in [4.69, 9.17) is 10.5 Å². The SMILES string of the molecule is NC(C(=O)NCC1Cc2ccccc2O1)c1cccs1. The van der Waals surface area contributed by atoms with E-state index in [9.17, 15) is 4.79 Å². The van der Waals surface area contributed by atoms with Crippen molar-refractivity contribution < 1.29 is 9.53 Å². The highest BCUT2D eigenvalue weighted by Crippen LogP contribution is 2.27. The van der Waals surface area contributed by atoms with Gasteiger partial charge in [-0.25, -0.2) is 0 Å². The zero-order valence-electron chi connectivity index (χ0n) is 10.9. The Balaban J connectivity index is 1.53. The standard InChI is InChI=1S/C15H16N2O2S/c16-14(13-6-3-7-20-13)15(18)17-9-11-8-10-4-1-2-5-12(10)19-11/h1-7,11,14H,8-9,16H2,(H,17,18). The lowest BCUT2D eigenvalue weighted by molar-refractivity contribution is -0.122. The Morgan fingerprint density at radius 2 is 2.25 bits per heavy atom. The van der Waals surface area contributed by atoms with Crippen molar-refractivity contribution in [1.82, 2.24) is 5.32 Å². The summed E-state index contributed by atoms with van der Waals surface area (Å²) in [5.74, 6) is 0.751. The second-order valence-electron chi connectivity index (χ2n) is 4.79. The monoisotopic (exact) mass is 288 g/mol. The van der Waals surface area contributed by atoms with Gasteiger partial charge in [-0.2, -0.15) is 0 Å². The molecule has 104 valence electrons. The predicted octanol–water partition coefficient (Wildman–Crippen LogP) is 1.87. The van der Waals surface area contributed by atoms with Crippen molar-refractivity contribution >= 4 is 17.2 Å². The summed E-state index contributed by atoms with van der Waals surface area (Å²) < 4.78 is 5.77. The van der Waals surface area contributed by atoms with Gasteiger partial charge in [-0.15, -0.1) is 11.3 Å². The molecule has 1 aromatic heterocycles. The first-order chi connectivity index (χ1) is 9.74. The molecule has 2 atom stereocenters. The second-order valence-corrected chi connectivity index (χ2v) is 5.77. The molecular formula is C15H16N2O2S. The van der Waals surface area contributed by atoms with Crippen LogP contribution in [0.25, 0.3) is 0 Å². The van der Waals surface area contributed by atoms with Crippen LogP contribution >= 0.6 is 11.3 Å². The predicted molar refractivity (Wildman–Crippen MR) is 78.8 cm³/mol. The fourth-order valence-corrected chi connectivity index (χ4v) is 3.01. The van der Waals surface area contributed by atoms with Gasteiger partial charge in [-0.05, 0) is 23.1 Å². The molecule has 5 heteroatoms. The molecule has 0 fully saturated rings. The average Bonchev–Trinajstić information content (AvgIpc) is 3.12. The van der Waals surface area contributed by atoms with Crippen LogP contribution in [0.5, 0.6) is 5.75 Å². The third-order valence-electron chi connectivity index (χ3n) is 3.35. The number of hydrogen-bond acceptors (Lipinski definition) is 4. The quantitative estimate of drug-likeness (QED) is 0.902. The molecule has 20 heavy (non-hydrogen) atoms. The topological polar surface area (TPSA) is 64.4 Å². The number of ether oxygens (including phenoxy) is 1. The molecule has 2 heterocycles. The number of hydrogen-bond donors (Lipinski definition) is 2. The smallest absolute Gasteiger partial charge is 0.242 e. The van der Waals surface area contributed by atoms with Crippen LogP contribution in [0.3, 0.4) is 0 Å². The van der Waals surface area contributed by atoms with Gasteiger partial charge in [0.05, 0.1) is 6.54 Å². The first kappa shape index (κ1) is 13.1. The van der Waals surface area contributed by atoms with Crippen LogP contribution in [0.2, 0.25) is 0 Å². The minimum Gasteiger partial charge on any atom is -0.488 e. The minimum absolute atomic E-state index is 0.00751. The van der Waals surface area contributed by atoms with Crippen LogP contribution in [0.4, 0.5) is 0 Å². The summed E-state index contributed by atoms with van der Waals surface area (Å²) in [5.41, 5.74) is 7.10. The molecule has 0 saturated heterocycles. The fraction of sp³-hybridized carbons (Fsp3) is 0.267. The van der Waals surface area contributed by atoms with E-state index in [1.807, 2.05) is 35.7 Å². The number of carbonyl (C=O) groups excluding carboxylic acids is 1. The van der Waals surface area contributed by atoms with E-state index >= 15 is 0 Å². The molecule has 1 aliphatic rings. The Morgan fingerprint density at radius 1 is 1.40 bits per heavy atom. The normalized spacial score (nSPS) is 18.1. The van der Waals surface area contributed by atoms with Crippen molar-refractivity contribution in [3.05, 3.63) is 52.2 Å². The molecule has 0 saturated carbocycles. The van der Waals surface area contributed by atoms with Gasteiger partial charge in [0.15, 0.2) is 0 Å². The maximum absolute atomic E-state index is 12.0. The van der Waals surface area contributed by atoms with Gasteiger partial charge in [-0.1, -0.05) is 24.3 Å². The van der Waals surface area contributed by atoms with E-state index in [-0.39, 0.29) is 12.0 Å². The maximum Gasteiger partial charge on any atom is 0.242 e. The zero-order valence-corrected chi connectivity index (χ0v) is 11.7. The van der Waals surface area contributed by atoms with Gasteiger partial charge in [0.1, 0.15) is 17.9 Å². The molecule has 2 aromatic rings. The number of nitrogens with one attached hydrogen (secondary N) is 1. The van der Waals surface area contributed by atoms with Crippen molar-refractivity contribution in [3.8, 4) is 5.75 Å². The third kappa shape index (κ3) is 2.69. The largest absolute Gasteiger partial charge is 0.488 e. The average molecular weight is 288 g/mol. The number of para-hydroxylation sites is 1. The number of thiophene rings is 1. The number of carbonyl (C=O) groups is 1. The number of nitrogens with two attached hydrogens (primary N) is 1. The van der Waals surface area contributed by atoms with E-state index in [2.05, 4.69) is 11.4 Å². The van der Waals surface area contributed by atoms with E-state index in [1.54, 1.807) is 0 Å². The highest BCUT2D eigenvalue weighted by atomic mass is 32.1. The Bertz CT molecular complexity index is 573. The molecular weight excluding hydrogens is 272 g/mol. The molecule has 1 amide bonds. The summed E-state index contributed by atoms with van der Waals surface area (Å²) in [7, 11) is 0. The van der Waals surface area contributed by atoms with Crippen molar-refractivity contribution in [2.75, 3.05) is 6.54 Å². The summed E-state index contributed by atoms with van der Waals surface area (Å²) in [6.07, 6.45) is 0.817. The van der Waals surface area contributed by atoms with Crippen molar-refractivity contribution in [3.63, 3.8) is 0 Å². The van der Waals surface area contributed by atoms with Crippen LogP contribution in [-0.2, 0) is 11.2 Å². The number of amides is 1. The second kappa shape index (κ2) is 5.64. The van der Waals surface area contributed by atoms with E-state index in [1.165, 1.54) is 16.9 Å². The number of fused-ring (bicyclic) bond motifs is 1. The van der Waals surface area contributed by atoms with Gasteiger partial charge in [0.25, 0.3) is 0 Å². The summed E-state index contributed by atoms with van der Waals surface area (Å²) in [6.45, 7) is 0.479. The first-order valence-electron chi connectivity index (χ1n) is 6.55. The Labute approximate surface area is 121 Å². The molecule has 1 aliphatic heterocycles. The van der Waals surface area contributed by atoms with Gasteiger partial charge < -0.3 is 15.8 Å². The Hall–Kier alpha value is -1.85. The van der Waals surface area contributed by atoms with Crippen molar-refractivity contribution in [1.29, 1.82) is 0 Å². The van der Waals surface area contributed by atoms with Crippen molar-refractivity contribution in [2.24, 2.45) is 5.73 Å². The van der Waals surface area contributed by atoms with Gasteiger partial charge in [-0.3, -0.25) is 4.79 Å². The van der Waals surface area contributed by atoms with Crippen molar-refractivity contribution in [2.45, 2.75) is 18.6 Å². The van der Waals surface area contributed by atoms with E-state index in [0.29, 0.717) is 6.54 Å². The van der Waals surface area contributed by atoms with Crippen LogP contribution in [0.1, 0.15) is 16.5 Å². The highest BCUT2D eigenvalue weighted by Gasteiger charge is 2.24. The number of rotatable bonds is 4. The molecule has 3 N–H and O–H groups in total. The van der Waals surface area contributed by atoms with Gasteiger partial charge in [0, 0.05) is 11.3 Å². The fourth-order valence-electron chi connectivity index (χ4n) is 2.29.